The Bertz CT molecular complexity index is 345. The van der Waals surface area contributed by atoms with E-state index in [4.69, 9.17) is 5.73 Å². The normalized spacial score (nSPS) is 14.6. The summed E-state index contributed by atoms with van der Waals surface area (Å²) >= 11 is 0. The predicted octanol–water partition coefficient (Wildman–Crippen LogP) is 1.34. The minimum absolute atomic E-state index is 0.424. The van der Waals surface area contributed by atoms with Crippen LogP contribution in [0, 0.1) is 6.92 Å². The van der Waals surface area contributed by atoms with Crippen LogP contribution in [0.3, 0.4) is 0 Å². The predicted molar refractivity (Wildman–Crippen MR) is 54.7 cm³/mol. The fourth-order valence-electron chi connectivity index (χ4n) is 1.48. The summed E-state index contributed by atoms with van der Waals surface area (Å²) in [7, 11) is 1.34. The molecule has 1 atom stereocenters. The van der Waals surface area contributed by atoms with Gasteiger partial charge < -0.3 is 10.5 Å². The first kappa shape index (κ1) is 10.7. The number of nitrogens with two attached hydrogens (primary N) is 1. The third-order valence-corrected chi connectivity index (χ3v) is 2.31. The lowest BCUT2D eigenvalue weighted by Crippen LogP contribution is -2.43. The zero-order valence-electron chi connectivity index (χ0n) is 8.70. The van der Waals surface area contributed by atoms with Crippen LogP contribution in [-0.2, 0) is 15.1 Å². The van der Waals surface area contributed by atoms with Gasteiger partial charge in [-0.2, -0.15) is 0 Å². The molecule has 14 heavy (non-hydrogen) atoms. The van der Waals surface area contributed by atoms with Crippen molar-refractivity contribution in [3.05, 3.63) is 35.4 Å². The van der Waals surface area contributed by atoms with Crippen LogP contribution in [0.15, 0.2) is 24.3 Å². The summed E-state index contributed by atoms with van der Waals surface area (Å²) < 4.78 is 4.66. The second kappa shape index (κ2) is 3.80. The van der Waals surface area contributed by atoms with Crippen molar-refractivity contribution in [3.8, 4) is 0 Å². The molecule has 2 N–H and O–H groups in total. The quantitative estimate of drug-likeness (QED) is 0.721. The minimum atomic E-state index is -1.07. The van der Waals surface area contributed by atoms with Crippen LogP contribution in [0.1, 0.15) is 18.1 Å². The summed E-state index contributed by atoms with van der Waals surface area (Å²) in [5.41, 5.74) is 6.64. The molecule has 0 fully saturated rings. The summed E-state index contributed by atoms with van der Waals surface area (Å²) in [5, 5.41) is 0. The lowest BCUT2D eigenvalue weighted by molar-refractivity contribution is -0.146. The molecule has 0 aromatic heterocycles. The van der Waals surface area contributed by atoms with E-state index in [9.17, 15) is 4.79 Å². The van der Waals surface area contributed by atoms with Crippen molar-refractivity contribution in [2.45, 2.75) is 19.4 Å². The molecule has 3 nitrogen and oxygen atoms in total. The molecule has 3 heteroatoms. The highest BCUT2D eigenvalue weighted by Crippen LogP contribution is 2.22. The van der Waals surface area contributed by atoms with E-state index in [1.54, 1.807) is 6.92 Å². The Labute approximate surface area is 83.9 Å². The average Bonchev–Trinajstić information content (AvgIpc) is 2.17. The molecule has 0 heterocycles. The van der Waals surface area contributed by atoms with Crippen molar-refractivity contribution in [2.24, 2.45) is 5.73 Å². The molecular weight excluding hydrogens is 178 g/mol. The Morgan fingerprint density at radius 3 is 2.50 bits per heavy atom. The van der Waals surface area contributed by atoms with Crippen molar-refractivity contribution in [1.82, 2.24) is 0 Å². The molecule has 0 saturated heterocycles. The highest BCUT2D eigenvalue weighted by atomic mass is 16.5. The number of rotatable bonds is 2. The minimum Gasteiger partial charge on any atom is -0.467 e. The van der Waals surface area contributed by atoms with E-state index in [1.807, 2.05) is 31.2 Å². The number of carbonyl (C=O) groups is 1. The van der Waals surface area contributed by atoms with Crippen LogP contribution in [0.5, 0.6) is 0 Å². The molecule has 0 aliphatic rings. The lowest BCUT2D eigenvalue weighted by atomic mass is 9.90. The highest BCUT2D eigenvalue weighted by Gasteiger charge is 2.32. The van der Waals surface area contributed by atoms with Gasteiger partial charge in [-0.25, -0.2) is 4.79 Å². The maximum absolute atomic E-state index is 11.4. The van der Waals surface area contributed by atoms with Gasteiger partial charge in [0, 0.05) is 0 Å². The Morgan fingerprint density at radius 1 is 1.43 bits per heavy atom. The number of aryl methyl sites for hydroxylation is 1. The molecular formula is C11H15NO2. The molecule has 0 aliphatic heterocycles. The Hall–Kier alpha value is -1.35. The van der Waals surface area contributed by atoms with Crippen LogP contribution < -0.4 is 5.73 Å². The monoisotopic (exact) mass is 193 g/mol. The van der Waals surface area contributed by atoms with E-state index in [2.05, 4.69) is 4.74 Å². The first-order chi connectivity index (χ1) is 6.50. The number of hydrogen-bond acceptors (Lipinski definition) is 3. The molecule has 1 aromatic carbocycles. The van der Waals surface area contributed by atoms with Crippen LogP contribution in [0.25, 0.3) is 0 Å². The Balaban J connectivity index is 3.16. The van der Waals surface area contributed by atoms with Crippen molar-refractivity contribution in [1.29, 1.82) is 0 Å². The second-order valence-corrected chi connectivity index (χ2v) is 3.51. The van der Waals surface area contributed by atoms with Gasteiger partial charge in [0.15, 0.2) is 0 Å². The van der Waals surface area contributed by atoms with Gasteiger partial charge in [-0.15, -0.1) is 0 Å². The first-order valence-corrected chi connectivity index (χ1v) is 4.43. The van der Waals surface area contributed by atoms with Crippen molar-refractivity contribution in [3.63, 3.8) is 0 Å². The number of ether oxygens (including phenoxy) is 1. The topological polar surface area (TPSA) is 52.3 Å². The molecule has 1 aromatic rings. The molecule has 0 spiro atoms. The van der Waals surface area contributed by atoms with Gasteiger partial charge >= 0.3 is 5.97 Å². The largest absolute Gasteiger partial charge is 0.467 e. The van der Waals surface area contributed by atoms with Crippen molar-refractivity contribution in [2.75, 3.05) is 7.11 Å². The van der Waals surface area contributed by atoms with Gasteiger partial charge in [-0.3, -0.25) is 0 Å². The van der Waals surface area contributed by atoms with Crippen molar-refractivity contribution < 1.29 is 9.53 Å². The van der Waals surface area contributed by atoms with E-state index >= 15 is 0 Å². The van der Waals surface area contributed by atoms with Crippen molar-refractivity contribution >= 4 is 5.97 Å². The van der Waals surface area contributed by atoms with Gasteiger partial charge in [0.25, 0.3) is 0 Å². The average molecular weight is 193 g/mol. The fourth-order valence-corrected chi connectivity index (χ4v) is 1.48. The Kier molecular flexibility index (Phi) is 2.91. The van der Waals surface area contributed by atoms with E-state index < -0.39 is 11.5 Å². The number of esters is 1. The summed E-state index contributed by atoms with van der Waals surface area (Å²) in [6, 6.07) is 7.53. The van der Waals surface area contributed by atoms with E-state index in [0.29, 0.717) is 0 Å². The smallest absolute Gasteiger partial charge is 0.330 e. The standard InChI is InChI=1S/C11H15NO2/c1-8-6-4-5-7-9(8)11(2,12)10(13)14-3/h4-7H,12H2,1-3H3. The molecule has 0 amide bonds. The van der Waals surface area contributed by atoms with Gasteiger partial charge in [0.05, 0.1) is 7.11 Å². The first-order valence-electron chi connectivity index (χ1n) is 4.43. The van der Waals surface area contributed by atoms with Crippen LogP contribution >= 0.6 is 0 Å². The number of methoxy groups -OCH3 is 1. The van der Waals surface area contributed by atoms with Gasteiger partial charge in [-0.1, -0.05) is 24.3 Å². The Morgan fingerprint density at radius 2 is 2.00 bits per heavy atom. The molecule has 1 rings (SSSR count). The number of benzene rings is 1. The van der Waals surface area contributed by atoms with Gasteiger partial charge in [0.2, 0.25) is 0 Å². The number of carbonyl (C=O) groups excluding carboxylic acids is 1. The maximum atomic E-state index is 11.4. The third-order valence-electron chi connectivity index (χ3n) is 2.31. The lowest BCUT2D eigenvalue weighted by Gasteiger charge is -2.23. The summed E-state index contributed by atoms with van der Waals surface area (Å²) in [6.45, 7) is 3.57. The zero-order chi connectivity index (χ0) is 10.8. The molecule has 0 bridgehead atoms. The van der Waals surface area contributed by atoms with Crippen LogP contribution in [0.2, 0.25) is 0 Å². The maximum Gasteiger partial charge on any atom is 0.330 e. The fraction of sp³-hybridized carbons (Fsp3) is 0.364. The van der Waals surface area contributed by atoms with Gasteiger partial charge in [0.1, 0.15) is 5.54 Å². The van der Waals surface area contributed by atoms with Gasteiger partial charge in [-0.05, 0) is 25.0 Å². The molecule has 76 valence electrons. The van der Waals surface area contributed by atoms with E-state index in [0.717, 1.165) is 11.1 Å². The summed E-state index contributed by atoms with van der Waals surface area (Å²) in [6.07, 6.45) is 0. The summed E-state index contributed by atoms with van der Waals surface area (Å²) in [4.78, 5) is 11.4. The molecule has 1 unspecified atom stereocenters. The summed E-state index contributed by atoms with van der Waals surface area (Å²) in [5.74, 6) is -0.424. The highest BCUT2D eigenvalue weighted by molar-refractivity contribution is 5.82. The molecule has 0 saturated carbocycles. The van der Waals surface area contributed by atoms with Crippen LogP contribution in [-0.4, -0.2) is 13.1 Å². The SMILES string of the molecule is COC(=O)C(C)(N)c1ccccc1C. The van der Waals surface area contributed by atoms with E-state index in [-0.39, 0.29) is 0 Å². The van der Waals surface area contributed by atoms with E-state index in [1.165, 1.54) is 7.11 Å². The number of hydrogen-bond donors (Lipinski definition) is 1. The zero-order valence-corrected chi connectivity index (χ0v) is 8.70. The molecule has 0 radical (unpaired) electrons. The third kappa shape index (κ3) is 1.77. The molecule has 0 aliphatic carbocycles. The second-order valence-electron chi connectivity index (χ2n) is 3.51. The van der Waals surface area contributed by atoms with Crippen LogP contribution in [0.4, 0.5) is 0 Å².